The third-order valence-corrected chi connectivity index (χ3v) is 5.69. The van der Waals surface area contributed by atoms with Crippen LogP contribution in [0.5, 0.6) is 11.5 Å². The van der Waals surface area contributed by atoms with Crippen LogP contribution in [0, 0.1) is 0 Å². The van der Waals surface area contributed by atoms with Crippen LogP contribution in [-0.2, 0) is 14.6 Å². The number of anilines is 2. The Balaban J connectivity index is 2.01. The van der Waals surface area contributed by atoms with Gasteiger partial charge in [0.1, 0.15) is 0 Å². The van der Waals surface area contributed by atoms with Gasteiger partial charge in [-0.1, -0.05) is 0 Å². The Kier molecular flexibility index (Phi) is 6.68. The van der Waals surface area contributed by atoms with Gasteiger partial charge in [0, 0.05) is 38.0 Å². The predicted octanol–water partition coefficient (Wildman–Crippen LogP) is 2.57. The number of hydrogen-bond acceptors (Lipinski definition) is 6. The Hall–Kier alpha value is -2.74. The van der Waals surface area contributed by atoms with Crippen LogP contribution in [0.3, 0.4) is 0 Å². The van der Waals surface area contributed by atoms with Gasteiger partial charge in [-0.3, -0.25) is 4.79 Å². The van der Waals surface area contributed by atoms with Gasteiger partial charge in [-0.2, -0.15) is 0 Å². The Morgan fingerprint density at radius 1 is 1.00 bits per heavy atom. The molecular weight excluding hydrogens is 368 g/mol. The number of methoxy groups -OCH3 is 2. The van der Waals surface area contributed by atoms with Crippen molar-refractivity contribution in [2.45, 2.75) is 11.3 Å². The van der Waals surface area contributed by atoms with Crippen LogP contribution in [0.4, 0.5) is 11.4 Å². The number of carbonyl (C=O) groups is 1. The van der Waals surface area contributed by atoms with Crippen LogP contribution in [-0.4, -0.2) is 48.4 Å². The molecule has 7 nitrogen and oxygen atoms in total. The highest BCUT2D eigenvalue weighted by Gasteiger charge is 2.19. The van der Waals surface area contributed by atoms with E-state index in [-0.39, 0.29) is 23.0 Å². The quantitative estimate of drug-likeness (QED) is 0.743. The third kappa shape index (κ3) is 5.37. The van der Waals surface area contributed by atoms with E-state index in [1.54, 1.807) is 12.1 Å². The van der Waals surface area contributed by atoms with Gasteiger partial charge in [0.15, 0.2) is 21.3 Å². The van der Waals surface area contributed by atoms with E-state index < -0.39 is 9.84 Å². The fourth-order valence-electron chi connectivity index (χ4n) is 2.42. The maximum atomic E-state index is 12.5. The van der Waals surface area contributed by atoms with Crippen molar-refractivity contribution in [1.82, 2.24) is 0 Å². The molecule has 1 N–H and O–H groups in total. The van der Waals surface area contributed by atoms with Crippen molar-refractivity contribution in [3.63, 3.8) is 0 Å². The van der Waals surface area contributed by atoms with Crippen molar-refractivity contribution in [3.8, 4) is 11.5 Å². The van der Waals surface area contributed by atoms with Gasteiger partial charge < -0.3 is 19.7 Å². The number of amides is 1. The van der Waals surface area contributed by atoms with Crippen molar-refractivity contribution >= 4 is 27.1 Å². The summed E-state index contributed by atoms with van der Waals surface area (Å²) < 4.78 is 35.2. The van der Waals surface area contributed by atoms with Gasteiger partial charge in [0.25, 0.3) is 0 Å². The monoisotopic (exact) mass is 392 g/mol. The molecule has 0 bridgehead atoms. The number of hydrogen-bond donors (Lipinski definition) is 1. The normalized spacial score (nSPS) is 11.0. The lowest BCUT2D eigenvalue weighted by molar-refractivity contribution is -0.115. The molecular formula is C19H24N2O5S. The molecule has 2 aromatic rings. The van der Waals surface area contributed by atoms with E-state index in [0.717, 1.165) is 5.69 Å². The summed E-state index contributed by atoms with van der Waals surface area (Å²) in [4.78, 5) is 14.1. The third-order valence-electron chi connectivity index (χ3n) is 3.98. The summed E-state index contributed by atoms with van der Waals surface area (Å²) in [6, 6.07) is 11.6. The number of benzene rings is 2. The molecule has 0 saturated carbocycles. The zero-order valence-corrected chi connectivity index (χ0v) is 16.7. The molecule has 0 atom stereocenters. The van der Waals surface area contributed by atoms with Crippen molar-refractivity contribution in [2.75, 3.05) is 44.3 Å². The van der Waals surface area contributed by atoms with Crippen molar-refractivity contribution < 1.29 is 22.7 Å². The number of sulfone groups is 1. The lowest BCUT2D eigenvalue weighted by Gasteiger charge is -2.13. The zero-order chi connectivity index (χ0) is 20.0. The van der Waals surface area contributed by atoms with Crippen LogP contribution in [0.25, 0.3) is 0 Å². The lowest BCUT2D eigenvalue weighted by atomic mass is 10.2. The number of rotatable bonds is 8. The highest BCUT2D eigenvalue weighted by atomic mass is 32.2. The molecule has 0 unspecified atom stereocenters. The number of nitrogens with one attached hydrogen (secondary N) is 1. The summed E-state index contributed by atoms with van der Waals surface area (Å²) in [6.07, 6.45) is -0.147. The second-order valence-electron chi connectivity index (χ2n) is 6.08. The molecule has 0 aliphatic rings. The van der Waals surface area contributed by atoms with Crippen LogP contribution in [0.15, 0.2) is 47.4 Å². The topological polar surface area (TPSA) is 84.9 Å². The highest BCUT2D eigenvalue weighted by molar-refractivity contribution is 7.91. The smallest absolute Gasteiger partial charge is 0.225 e. The Morgan fingerprint density at radius 2 is 1.63 bits per heavy atom. The van der Waals surface area contributed by atoms with E-state index in [2.05, 4.69) is 5.32 Å². The van der Waals surface area contributed by atoms with Crippen LogP contribution in [0.2, 0.25) is 0 Å². The molecule has 1 amide bonds. The first kappa shape index (κ1) is 20.6. The maximum Gasteiger partial charge on any atom is 0.225 e. The summed E-state index contributed by atoms with van der Waals surface area (Å²) in [5, 5.41) is 2.71. The first-order valence-electron chi connectivity index (χ1n) is 8.29. The second kappa shape index (κ2) is 8.77. The first-order chi connectivity index (χ1) is 12.8. The maximum absolute atomic E-state index is 12.5. The average Bonchev–Trinajstić information content (AvgIpc) is 2.66. The summed E-state index contributed by atoms with van der Waals surface area (Å²) in [6.45, 7) is 0. The first-order valence-corrected chi connectivity index (χ1v) is 9.94. The van der Waals surface area contributed by atoms with Crippen LogP contribution in [0.1, 0.15) is 6.42 Å². The molecule has 0 fully saturated rings. The summed E-state index contributed by atoms with van der Waals surface area (Å²) in [5.74, 6) is 0.0976. The molecule has 0 heterocycles. The number of carbonyl (C=O) groups excluding carboxylic acids is 1. The molecule has 2 aromatic carbocycles. The van der Waals surface area contributed by atoms with Crippen molar-refractivity contribution in [3.05, 3.63) is 42.5 Å². The van der Waals surface area contributed by atoms with Gasteiger partial charge in [-0.15, -0.1) is 0 Å². The minimum atomic E-state index is -3.63. The average molecular weight is 392 g/mol. The highest BCUT2D eigenvalue weighted by Crippen LogP contribution is 2.30. The van der Waals surface area contributed by atoms with Crippen LogP contribution >= 0.6 is 0 Å². The zero-order valence-electron chi connectivity index (χ0n) is 15.9. The Morgan fingerprint density at radius 3 is 2.19 bits per heavy atom. The van der Waals surface area contributed by atoms with Gasteiger partial charge >= 0.3 is 0 Å². The van der Waals surface area contributed by atoms with E-state index in [0.29, 0.717) is 17.2 Å². The minimum Gasteiger partial charge on any atom is -0.493 e. The van der Waals surface area contributed by atoms with E-state index >= 15 is 0 Å². The largest absolute Gasteiger partial charge is 0.493 e. The van der Waals surface area contributed by atoms with E-state index in [1.165, 1.54) is 32.4 Å². The molecule has 0 radical (unpaired) electrons. The molecule has 2 rings (SSSR count). The number of ether oxygens (including phenoxy) is 2. The molecule has 146 valence electrons. The van der Waals surface area contributed by atoms with Gasteiger partial charge in [0.2, 0.25) is 5.91 Å². The molecule has 0 aromatic heterocycles. The standard InChI is InChI=1S/C19H24N2O5S/c1-21(2)15-7-5-14(6-8-15)20-19(22)11-12-27(23,24)16-9-10-17(25-3)18(13-16)26-4/h5-10,13H,11-12H2,1-4H3,(H,20,22). The SMILES string of the molecule is COc1ccc(S(=O)(=O)CCC(=O)Nc2ccc(N(C)C)cc2)cc1OC. The van der Waals surface area contributed by atoms with E-state index in [9.17, 15) is 13.2 Å². The fourth-order valence-corrected chi connectivity index (χ4v) is 3.67. The van der Waals surface area contributed by atoms with Gasteiger partial charge in [-0.05, 0) is 36.4 Å². The van der Waals surface area contributed by atoms with Gasteiger partial charge in [0.05, 0.1) is 24.9 Å². The molecule has 0 aliphatic carbocycles. The minimum absolute atomic E-state index is 0.0864. The van der Waals surface area contributed by atoms with E-state index in [1.807, 2.05) is 31.1 Å². The molecule has 0 saturated heterocycles. The van der Waals surface area contributed by atoms with Crippen LogP contribution < -0.4 is 19.7 Å². The fraction of sp³-hybridized carbons (Fsp3) is 0.316. The van der Waals surface area contributed by atoms with Crippen molar-refractivity contribution in [1.29, 1.82) is 0 Å². The van der Waals surface area contributed by atoms with Crippen molar-refractivity contribution in [2.24, 2.45) is 0 Å². The number of nitrogens with zero attached hydrogens (tertiary/aromatic N) is 1. The molecule has 8 heteroatoms. The molecule has 0 spiro atoms. The second-order valence-corrected chi connectivity index (χ2v) is 8.18. The summed E-state index contributed by atoms with van der Waals surface area (Å²) in [7, 11) is 3.13. The Labute approximate surface area is 159 Å². The molecule has 27 heavy (non-hydrogen) atoms. The Bertz CT molecular complexity index is 893. The predicted molar refractivity (Wildman–Crippen MR) is 106 cm³/mol. The summed E-state index contributed by atoms with van der Waals surface area (Å²) >= 11 is 0. The lowest BCUT2D eigenvalue weighted by Crippen LogP contribution is -2.17. The summed E-state index contributed by atoms with van der Waals surface area (Å²) in [5.41, 5.74) is 1.62. The molecule has 0 aliphatic heterocycles. The van der Waals surface area contributed by atoms with Gasteiger partial charge in [-0.25, -0.2) is 8.42 Å². The van der Waals surface area contributed by atoms with E-state index in [4.69, 9.17) is 9.47 Å².